The Kier molecular flexibility index (Phi) is 24.8. The molecule has 0 fully saturated rings. The SMILES string of the molecule is NCCCC[C@H](N)C(=O)N[C@@H](Cc1ccccc1)C(=O)N[C@@H](CCC(N)=O)C(=O)N[C@@H](CO)C(=O)N[C@@H](CCC(=O)O)C(=O)N[C@@H](CCC(=O)O)C(=O)N[C@@H](CCC(N)=O)C(=O)O. The average molecular weight is 895 g/mol. The van der Waals surface area contributed by atoms with E-state index in [-0.39, 0.29) is 12.8 Å². The van der Waals surface area contributed by atoms with Crippen LogP contribution in [0.5, 0.6) is 0 Å². The molecule has 7 atom stereocenters. The van der Waals surface area contributed by atoms with Gasteiger partial charge in [0.1, 0.15) is 36.3 Å². The summed E-state index contributed by atoms with van der Waals surface area (Å²) in [5, 5.41) is 51.7. The molecule has 0 aliphatic rings. The van der Waals surface area contributed by atoms with Crippen molar-refractivity contribution in [3.05, 3.63) is 35.9 Å². The molecule has 18 N–H and O–H groups in total. The minimum absolute atomic E-state index is 0.0756. The van der Waals surface area contributed by atoms with Gasteiger partial charge in [-0.3, -0.25) is 47.9 Å². The van der Waals surface area contributed by atoms with Gasteiger partial charge in [0.15, 0.2) is 0 Å². The summed E-state index contributed by atoms with van der Waals surface area (Å²) in [6, 6.07) is -2.75. The summed E-state index contributed by atoms with van der Waals surface area (Å²) in [5.41, 5.74) is 22.5. The molecule has 63 heavy (non-hydrogen) atoms. The van der Waals surface area contributed by atoms with Crippen molar-refractivity contribution in [3.8, 4) is 0 Å². The fraction of sp³-hybridized carbons (Fsp3) is 0.553. The van der Waals surface area contributed by atoms with Crippen molar-refractivity contribution in [1.29, 1.82) is 0 Å². The predicted molar refractivity (Wildman–Crippen MR) is 218 cm³/mol. The zero-order valence-corrected chi connectivity index (χ0v) is 34.4. The molecule has 0 unspecified atom stereocenters. The Morgan fingerprint density at radius 1 is 0.492 bits per heavy atom. The second kappa shape index (κ2) is 28.7. The fourth-order valence-electron chi connectivity index (χ4n) is 5.71. The van der Waals surface area contributed by atoms with Crippen LogP contribution in [0.15, 0.2) is 30.3 Å². The number of aliphatic hydroxyl groups excluding tert-OH is 1. The largest absolute Gasteiger partial charge is 0.481 e. The molecule has 1 aromatic rings. The van der Waals surface area contributed by atoms with E-state index in [1.54, 1.807) is 30.3 Å². The summed E-state index contributed by atoms with van der Waals surface area (Å²) in [6.45, 7) is -0.777. The highest BCUT2D eigenvalue weighted by Crippen LogP contribution is 2.09. The van der Waals surface area contributed by atoms with E-state index in [0.717, 1.165) is 0 Å². The predicted octanol–water partition coefficient (Wildman–Crippen LogP) is -5.07. The highest BCUT2D eigenvalue weighted by molar-refractivity contribution is 5.97. The van der Waals surface area contributed by atoms with Crippen molar-refractivity contribution in [2.24, 2.45) is 22.9 Å². The summed E-state index contributed by atoms with van der Waals surface area (Å²) in [7, 11) is 0. The van der Waals surface area contributed by atoms with E-state index in [1.807, 2.05) is 0 Å². The lowest BCUT2D eigenvalue weighted by Crippen LogP contribution is -2.60. The molecular formula is C38H58N10O15. The molecule has 0 aliphatic heterocycles. The Bertz CT molecular complexity index is 1770. The molecule has 25 nitrogen and oxygen atoms in total. The Morgan fingerprint density at radius 2 is 0.873 bits per heavy atom. The maximum Gasteiger partial charge on any atom is 0.326 e. The van der Waals surface area contributed by atoms with Gasteiger partial charge in [-0.25, -0.2) is 4.79 Å². The summed E-state index contributed by atoms with van der Waals surface area (Å²) < 4.78 is 0. The third-order valence-electron chi connectivity index (χ3n) is 9.20. The van der Waals surface area contributed by atoms with Crippen LogP contribution >= 0.6 is 0 Å². The first kappa shape index (κ1) is 54.3. The first-order valence-electron chi connectivity index (χ1n) is 19.8. The van der Waals surface area contributed by atoms with Crippen LogP contribution in [-0.4, -0.2) is 141 Å². The highest BCUT2D eigenvalue weighted by Gasteiger charge is 2.34. The van der Waals surface area contributed by atoms with Crippen molar-refractivity contribution in [1.82, 2.24) is 31.9 Å². The molecule has 0 saturated carbocycles. The van der Waals surface area contributed by atoms with Gasteiger partial charge < -0.3 is 75.3 Å². The zero-order valence-electron chi connectivity index (χ0n) is 34.4. The lowest BCUT2D eigenvalue weighted by Gasteiger charge is -2.27. The van der Waals surface area contributed by atoms with E-state index in [2.05, 4.69) is 31.9 Å². The zero-order chi connectivity index (χ0) is 47.6. The van der Waals surface area contributed by atoms with E-state index in [9.17, 15) is 73.2 Å². The third-order valence-corrected chi connectivity index (χ3v) is 9.20. The number of carbonyl (C=O) groups excluding carboxylic acids is 8. The van der Waals surface area contributed by atoms with E-state index in [1.165, 1.54) is 0 Å². The quantitative estimate of drug-likeness (QED) is 0.0301. The van der Waals surface area contributed by atoms with E-state index < -0.39 is 165 Å². The minimum Gasteiger partial charge on any atom is -0.481 e. The van der Waals surface area contributed by atoms with Crippen molar-refractivity contribution in [3.63, 3.8) is 0 Å². The lowest BCUT2D eigenvalue weighted by atomic mass is 10.0. The number of carboxylic acids is 3. The van der Waals surface area contributed by atoms with Crippen molar-refractivity contribution in [2.75, 3.05) is 13.2 Å². The van der Waals surface area contributed by atoms with Gasteiger partial charge in [0, 0.05) is 32.1 Å². The first-order valence-corrected chi connectivity index (χ1v) is 19.8. The number of hydrogen-bond acceptors (Lipinski definition) is 14. The van der Waals surface area contributed by atoms with E-state index in [0.29, 0.717) is 24.9 Å². The van der Waals surface area contributed by atoms with Crippen LogP contribution in [0.1, 0.15) is 76.2 Å². The molecular weight excluding hydrogens is 836 g/mol. The maximum atomic E-state index is 13.7. The molecule has 0 aromatic heterocycles. The molecule has 0 saturated heterocycles. The molecule has 0 heterocycles. The minimum atomic E-state index is -1.91. The molecule has 1 aromatic carbocycles. The molecule has 0 radical (unpaired) electrons. The van der Waals surface area contributed by atoms with Crippen LogP contribution in [0.3, 0.4) is 0 Å². The molecule has 350 valence electrons. The lowest BCUT2D eigenvalue weighted by molar-refractivity contribution is -0.143. The number of nitrogens with two attached hydrogens (primary N) is 4. The molecule has 8 amide bonds. The smallest absolute Gasteiger partial charge is 0.326 e. The number of carbonyl (C=O) groups is 11. The van der Waals surface area contributed by atoms with Crippen LogP contribution in [0.2, 0.25) is 0 Å². The number of hydrogen-bond donors (Lipinski definition) is 14. The van der Waals surface area contributed by atoms with E-state index >= 15 is 0 Å². The number of rotatable bonds is 32. The number of benzene rings is 1. The number of unbranched alkanes of at least 4 members (excludes halogenated alkanes) is 1. The Hall–Kier alpha value is -6.73. The topological polar surface area (TPSA) is 445 Å². The third kappa shape index (κ3) is 22.1. The highest BCUT2D eigenvalue weighted by atomic mass is 16.4. The summed E-state index contributed by atoms with van der Waals surface area (Å²) in [6.07, 6.45) is -3.33. The number of amides is 8. The van der Waals surface area contributed by atoms with Gasteiger partial charge in [0.25, 0.3) is 0 Å². The van der Waals surface area contributed by atoms with Gasteiger partial charge in [-0.2, -0.15) is 0 Å². The van der Waals surface area contributed by atoms with E-state index in [4.69, 9.17) is 22.9 Å². The van der Waals surface area contributed by atoms with Gasteiger partial charge in [-0.1, -0.05) is 36.8 Å². The Balaban J connectivity index is 3.35. The number of carboxylic acid groups (broad SMARTS) is 3. The fourth-order valence-corrected chi connectivity index (χ4v) is 5.71. The molecule has 0 spiro atoms. The van der Waals surface area contributed by atoms with Gasteiger partial charge in [-0.05, 0) is 50.6 Å². The van der Waals surface area contributed by atoms with Gasteiger partial charge in [0.05, 0.1) is 12.6 Å². The molecule has 0 bridgehead atoms. The van der Waals surface area contributed by atoms with Crippen molar-refractivity contribution < 1.29 is 73.2 Å². The van der Waals surface area contributed by atoms with Crippen LogP contribution < -0.4 is 54.8 Å². The van der Waals surface area contributed by atoms with Crippen LogP contribution in [0, 0.1) is 0 Å². The maximum absolute atomic E-state index is 13.7. The van der Waals surface area contributed by atoms with Gasteiger partial charge >= 0.3 is 17.9 Å². The number of aliphatic hydroxyl groups is 1. The molecule has 0 aliphatic carbocycles. The normalized spacial score (nSPS) is 14.1. The first-order chi connectivity index (χ1) is 29.7. The van der Waals surface area contributed by atoms with Crippen molar-refractivity contribution in [2.45, 2.75) is 119 Å². The second-order valence-electron chi connectivity index (χ2n) is 14.3. The average Bonchev–Trinajstić information content (AvgIpc) is 3.22. The molecule has 25 heteroatoms. The van der Waals surface area contributed by atoms with Gasteiger partial charge in [0.2, 0.25) is 47.3 Å². The number of primary amides is 2. The number of aliphatic carboxylic acids is 3. The van der Waals surface area contributed by atoms with Crippen LogP contribution in [-0.2, 0) is 59.2 Å². The van der Waals surface area contributed by atoms with Crippen molar-refractivity contribution >= 4 is 65.2 Å². The monoisotopic (exact) mass is 894 g/mol. The van der Waals surface area contributed by atoms with Crippen LogP contribution in [0.4, 0.5) is 0 Å². The standard InChI is InChI=1S/C38H58N10O15/c39-17-5-4-8-21(40)32(56)47-26(18-20-6-2-1-3-7-20)36(60)44-22(9-13-28(41)50)35(59)48-27(19-49)37(61)45-23(11-15-30(52)53)33(57)43-24(12-16-31(54)55)34(58)46-25(38(62)63)10-14-29(42)51/h1-3,6-7,21-27,49H,4-5,8-19,39-40H2,(H2,41,50)(H2,42,51)(H,43,57)(H,44,60)(H,45,61)(H,46,58)(H,47,56)(H,48,59)(H,52,53)(H,54,55)(H,62,63)/t21-,22-,23-,24-,25-,26-,27-/m0/s1. The summed E-state index contributed by atoms with van der Waals surface area (Å²) >= 11 is 0. The summed E-state index contributed by atoms with van der Waals surface area (Å²) in [4.78, 5) is 138. The summed E-state index contributed by atoms with van der Waals surface area (Å²) in [5.74, 6) is -12.8. The number of nitrogens with one attached hydrogen (secondary N) is 6. The second-order valence-corrected chi connectivity index (χ2v) is 14.3. The molecule has 1 rings (SSSR count). The van der Waals surface area contributed by atoms with Gasteiger partial charge in [-0.15, -0.1) is 0 Å². The Morgan fingerprint density at radius 3 is 1.29 bits per heavy atom. The van der Waals surface area contributed by atoms with Crippen LogP contribution in [0.25, 0.3) is 0 Å². The Labute approximate surface area is 361 Å².